The molecule has 0 aromatic carbocycles. The minimum absolute atomic E-state index is 0.122. The molecule has 0 saturated carbocycles. The molecule has 1 saturated heterocycles. The van der Waals surface area contributed by atoms with E-state index in [2.05, 4.69) is 41.2 Å². The van der Waals surface area contributed by atoms with Crippen LogP contribution in [0.2, 0.25) is 0 Å². The quantitative estimate of drug-likeness (QED) is 0.925. The normalized spacial score (nSPS) is 18.1. The number of amides is 2. The van der Waals surface area contributed by atoms with Gasteiger partial charge in [-0.05, 0) is 50.5 Å². The van der Waals surface area contributed by atoms with E-state index in [0.717, 1.165) is 30.9 Å². The zero-order valence-electron chi connectivity index (χ0n) is 15.8. The van der Waals surface area contributed by atoms with E-state index in [-0.39, 0.29) is 6.03 Å². The number of rotatable bonds is 3. The molecule has 0 aliphatic carbocycles. The Morgan fingerprint density at radius 2 is 2.08 bits per heavy atom. The van der Waals surface area contributed by atoms with Gasteiger partial charge in [-0.3, -0.25) is 5.32 Å². The van der Waals surface area contributed by atoms with Crippen LogP contribution in [0.15, 0.2) is 6.07 Å². The lowest BCUT2D eigenvalue weighted by Crippen LogP contribution is -2.33. The van der Waals surface area contributed by atoms with Gasteiger partial charge in [0.15, 0.2) is 0 Å². The van der Waals surface area contributed by atoms with Crippen molar-refractivity contribution in [1.82, 2.24) is 24.5 Å². The molecule has 2 aromatic heterocycles. The van der Waals surface area contributed by atoms with Crippen molar-refractivity contribution in [3.63, 3.8) is 0 Å². The number of anilines is 1. The zero-order chi connectivity index (χ0) is 18.2. The second-order valence-corrected chi connectivity index (χ2v) is 8.32. The number of likely N-dealkylation sites (tertiary alicyclic amines) is 1. The molecule has 7 heteroatoms. The molecule has 0 radical (unpaired) electrons. The predicted octanol–water partition coefficient (Wildman–Crippen LogP) is 3.42. The van der Waals surface area contributed by atoms with Gasteiger partial charge in [0.1, 0.15) is 0 Å². The van der Waals surface area contributed by atoms with E-state index in [1.54, 1.807) is 4.52 Å². The van der Waals surface area contributed by atoms with Crippen molar-refractivity contribution in [1.29, 1.82) is 0 Å². The number of carbonyl (C=O) groups is 1. The van der Waals surface area contributed by atoms with Crippen molar-refractivity contribution in [3.8, 4) is 0 Å². The number of aromatic nitrogens is 4. The summed E-state index contributed by atoms with van der Waals surface area (Å²) in [4.78, 5) is 23.0. The highest BCUT2D eigenvalue weighted by Crippen LogP contribution is 2.28. The smallest absolute Gasteiger partial charge is 0.324 e. The third kappa shape index (κ3) is 4.27. The summed E-state index contributed by atoms with van der Waals surface area (Å²) in [5.41, 5.74) is 2.18. The topological polar surface area (TPSA) is 75.4 Å². The lowest BCUT2D eigenvalue weighted by molar-refractivity contribution is 0.219. The van der Waals surface area contributed by atoms with Crippen LogP contribution in [0.3, 0.4) is 0 Å². The van der Waals surface area contributed by atoms with Gasteiger partial charge in [0.2, 0.25) is 0 Å². The van der Waals surface area contributed by atoms with Crippen molar-refractivity contribution in [2.24, 2.45) is 11.3 Å². The van der Waals surface area contributed by atoms with Crippen LogP contribution in [0.5, 0.6) is 0 Å². The number of aryl methyl sites for hydroxylation is 2. The number of nitrogens with one attached hydrogen (secondary N) is 1. The van der Waals surface area contributed by atoms with Crippen LogP contribution in [-0.2, 0) is 0 Å². The Morgan fingerprint density at radius 1 is 1.32 bits per heavy atom. The SMILES string of the molecule is Cc1cc(C)n2nc(NC(=O)N3CCC(CCC(C)(C)C)C3)nc2n1. The third-order valence-corrected chi connectivity index (χ3v) is 4.71. The molecule has 0 bridgehead atoms. The van der Waals surface area contributed by atoms with Gasteiger partial charge >= 0.3 is 6.03 Å². The van der Waals surface area contributed by atoms with Crippen LogP contribution >= 0.6 is 0 Å². The minimum atomic E-state index is -0.122. The molecule has 3 rings (SSSR count). The summed E-state index contributed by atoms with van der Waals surface area (Å²) >= 11 is 0. The summed E-state index contributed by atoms with van der Waals surface area (Å²) in [6, 6.07) is 1.82. The van der Waals surface area contributed by atoms with Crippen LogP contribution in [0.4, 0.5) is 10.7 Å². The van der Waals surface area contributed by atoms with Crippen LogP contribution in [0.1, 0.15) is 51.4 Å². The van der Waals surface area contributed by atoms with Crippen molar-refractivity contribution in [2.75, 3.05) is 18.4 Å². The summed E-state index contributed by atoms with van der Waals surface area (Å²) in [5, 5.41) is 7.15. The highest BCUT2D eigenvalue weighted by molar-refractivity contribution is 5.87. The zero-order valence-corrected chi connectivity index (χ0v) is 15.8. The summed E-state index contributed by atoms with van der Waals surface area (Å²) in [6.07, 6.45) is 3.43. The summed E-state index contributed by atoms with van der Waals surface area (Å²) in [6.45, 7) is 12.3. The predicted molar refractivity (Wildman–Crippen MR) is 97.6 cm³/mol. The second-order valence-electron chi connectivity index (χ2n) is 8.32. The molecule has 0 spiro atoms. The highest BCUT2D eigenvalue weighted by Gasteiger charge is 2.27. The van der Waals surface area contributed by atoms with Gasteiger partial charge in [-0.15, -0.1) is 5.10 Å². The fourth-order valence-electron chi connectivity index (χ4n) is 3.28. The summed E-state index contributed by atoms with van der Waals surface area (Å²) in [5.74, 6) is 1.41. The number of fused-ring (bicyclic) bond motifs is 1. The monoisotopic (exact) mass is 344 g/mol. The highest BCUT2D eigenvalue weighted by atomic mass is 16.2. The molecule has 1 aliphatic heterocycles. The van der Waals surface area contributed by atoms with Crippen molar-refractivity contribution in [2.45, 2.75) is 53.9 Å². The Bertz CT molecular complexity index is 776. The maximum absolute atomic E-state index is 12.5. The molecule has 136 valence electrons. The minimum Gasteiger partial charge on any atom is -0.324 e. The van der Waals surface area contributed by atoms with E-state index in [1.165, 1.54) is 12.8 Å². The average molecular weight is 344 g/mol. The average Bonchev–Trinajstić information content (AvgIpc) is 3.11. The van der Waals surface area contributed by atoms with Gasteiger partial charge in [0.05, 0.1) is 0 Å². The molecule has 1 fully saturated rings. The fourth-order valence-corrected chi connectivity index (χ4v) is 3.28. The molecule has 7 nitrogen and oxygen atoms in total. The molecule has 25 heavy (non-hydrogen) atoms. The van der Waals surface area contributed by atoms with Crippen LogP contribution < -0.4 is 5.32 Å². The molecular formula is C18H28N6O. The standard InChI is InChI=1S/C18H28N6O/c1-12-10-13(2)24-16(19-12)20-15(22-24)21-17(25)23-9-7-14(11-23)6-8-18(3,4)5/h10,14H,6-9,11H2,1-5H3,(H,21,22,25). The number of urea groups is 1. The van der Waals surface area contributed by atoms with Crippen molar-refractivity contribution < 1.29 is 4.79 Å². The Morgan fingerprint density at radius 3 is 2.80 bits per heavy atom. The summed E-state index contributed by atoms with van der Waals surface area (Å²) in [7, 11) is 0. The molecule has 1 N–H and O–H groups in total. The van der Waals surface area contributed by atoms with Gasteiger partial charge in [-0.1, -0.05) is 20.8 Å². The molecular weight excluding hydrogens is 316 g/mol. The van der Waals surface area contributed by atoms with E-state index in [1.807, 2.05) is 24.8 Å². The van der Waals surface area contributed by atoms with Gasteiger partial charge < -0.3 is 4.90 Å². The van der Waals surface area contributed by atoms with E-state index < -0.39 is 0 Å². The largest absolute Gasteiger partial charge is 0.324 e. The molecule has 2 amide bonds. The van der Waals surface area contributed by atoms with Gasteiger partial charge in [0.25, 0.3) is 11.7 Å². The van der Waals surface area contributed by atoms with Crippen LogP contribution in [0.25, 0.3) is 5.78 Å². The lowest BCUT2D eigenvalue weighted by atomic mass is 9.86. The van der Waals surface area contributed by atoms with Gasteiger partial charge in [-0.25, -0.2) is 9.78 Å². The molecule has 1 unspecified atom stereocenters. The molecule has 3 heterocycles. The fraction of sp³-hybridized carbons (Fsp3) is 0.667. The van der Waals surface area contributed by atoms with Crippen molar-refractivity contribution in [3.05, 3.63) is 17.5 Å². The maximum Gasteiger partial charge on any atom is 0.324 e. The van der Waals surface area contributed by atoms with E-state index in [9.17, 15) is 4.79 Å². The first-order valence-corrected chi connectivity index (χ1v) is 8.98. The van der Waals surface area contributed by atoms with Crippen molar-refractivity contribution >= 4 is 17.8 Å². The van der Waals surface area contributed by atoms with E-state index >= 15 is 0 Å². The Balaban J connectivity index is 1.60. The molecule has 1 atom stereocenters. The number of hydrogen-bond donors (Lipinski definition) is 1. The molecule has 2 aromatic rings. The van der Waals surface area contributed by atoms with Crippen LogP contribution in [0, 0.1) is 25.2 Å². The maximum atomic E-state index is 12.5. The van der Waals surface area contributed by atoms with Gasteiger partial charge in [0, 0.05) is 24.5 Å². The first kappa shape index (κ1) is 17.6. The van der Waals surface area contributed by atoms with Gasteiger partial charge in [-0.2, -0.15) is 9.50 Å². The van der Waals surface area contributed by atoms with Crippen LogP contribution in [-0.4, -0.2) is 43.6 Å². The van der Waals surface area contributed by atoms with E-state index in [4.69, 9.17) is 0 Å². The third-order valence-electron chi connectivity index (χ3n) is 4.71. The molecule has 1 aliphatic rings. The Kier molecular flexibility index (Phi) is 4.67. The second kappa shape index (κ2) is 6.61. The number of carbonyl (C=O) groups excluding carboxylic acids is 1. The number of hydrogen-bond acceptors (Lipinski definition) is 4. The lowest BCUT2D eigenvalue weighted by Gasteiger charge is -2.21. The Hall–Kier alpha value is -2.18. The van der Waals surface area contributed by atoms with E-state index in [0.29, 0.717) is 23.1 Å². The first-order valence-electron chi connectivity index (χ1n) is 8.98. The Labute approximate surface area is 148 Å². The summed E-state index contributed by atoms with van der Waals surface area (Å²) < 4.78 is 1.65. The first-order chi connectivity index (χ1) is 11.7. The number of nitrogens with zero attached hydrogens (tertiary/aromatic N) is 5.